The minimum absolute atomic E-state index is 1.18. The quantitative estimate of drug-likeness (QED) is 0.217. The van der Waals surface area contributed by atoms with Gasteiger partial charge in [0.15, 0.2) is 0 Å². The second-order valence-corrected chi connectivity index (χ2v) is 11.2. The predicted octanol–water partition coefficient (Wildman–Crippen LogP) is 10.2. The Balaban J connectivity index is 1.47. The van der Waals surface area contributed by atoms with Gasteiger partial charge in [0.25, 0.3) is 0 Å². The molecule has 0 amide bonds. The highest BCUT2D eigenvalue weighted by Crippen LogP contribution is 2.43. The third kappa shape index (κ3) is 2.85. The first-order valence-electron chi connectivity index (χ1n) is 13.3. The smallest absolute Gasteiger partial charge is 0.0640 e. The third-order valence-electron chi connectivity index (χ3n) is 8.10. The number of thiophene rings is 1. The molecule has 0 unspecified atom stereocenters. The fraction of sp³-hybridized carbons (Fsp3) is 0. The number of benzene rings is 6. The van der Waals surface area contributed by atoms with E-state index >= 15 is 0 Å². The molecule has 3 heteroatoms. The molecule has 9 rings (SSSR count). The molecule has 39 heavy (non-hydrogen) atoms. The van der Waals surface area contributed by atoms with Gasteiger partial charge in [0, 0.05) is 42.7 Å². The maximum atomic E-state index is 2.48. The molecule has 2 nitrogen and oxygen atoms in total. The van der Waals surface area contributed by atoms with Crippen molar-refractivity contribution < 1.29 is 0 Å². The van der Waals surface area contributed by atoms with Crippen LogP contribution >= 0.6 is 11.3 Å². The minimum Gasteiger partial charge on any atom is -0.309 e. The Kier molecular flexibility index (Phi) is 4.24. The van der Waals surface area contributed by atoms with Crippen molar-refractivity contribution in [1.29, 1.82) is 0 Å². The van der Waals surface area contributed by atoms with Crippen molar-refractivity contribution in [1.82, 2.24) is 9.13 Å². The van der Waals surface area contributed by atoms with Crippen LogP contribution in [0.3, 0.4) is 0 Å². The molecule has 0 aliphatic rings. The molecule has 0 spiro atoms. The van der Waals surface area contributed by atoms with E-state index in [2.05, 4.69) is 143 Å². The van der Waals surface area contributed by atoms with Gasteiger partial charge in [-0.3, -0.25) is 0 Å². The number of aromatic nitrogens is 2. The zero-order valence-electron chi connectivity index (χ0n) is 21.0. The lowest BCUT2D eigenvalue weighted by atomic mass is 10.1. The fourth-order valence-electron chi connectivity index (χ4n) is 6.45. The average molecular weight is 515 g/mol. The summed E-state index contributed by atoms with van der Waals surface area (Å²) in [6.07, 6.45) is 0. The Hall–Kier alpha value is -4.86. The molecule has 0 saturated heterocycles. The average Bonchev–Trinajstić information content (AvgIpc) is 3.64. The van der Waals surface area contributed by atoms with E-state index in [0.717, 1.165) is 0 Å². The van der Waals surface area contributed by atoms with Crippen molar-refractivity contribution in [2.45, 2.75) is 0 Å². The summed E-state index contributed by atoms with van der Waals surface area (Å²) < 4.78 is 7.54. The van der Waals surface area contributed by atoms with Gasteiger partial charge < -0.3 is 9.13 Å². The lowest BCUT2D eigenvalue weighted by molar-refractivity contribution is 1.18. The largest absolute Gasteiger partial charge is 0.309 e. The molecule has 3 heterocycles. The SMILES string of the molecule is c1ccc(-n2c3ccccc3c3cc4c(cc32)c2ccccc2n4-c2cccc3c2sc2ccccc23)cc1. The van der Waals surface area contributed by atoms with Crippen molar-refractivity contribution in [3.05, 3.63) is 133 Å². The lowest BCUT2D eigenvalue weighted by Gasteiger charge is -2.10. The summed E-state index contributed by atoms with van der Waals surface area (Å²) >= 11 is 1.89. The van der Waals surface area contributed by atoms with E-state index in [-0.39, 0.29) is 0 Å². The minimum atomic E-state index is 1.18. The molecule has 0 saturated carbocycles. The van der Waals surface area contributed by atoms with Gasteiger partial charge >= 0.3 is 0 Å². The van der Waals surface area contributed by atoms with Gasteiger partial charge in [-0.15, -0.1) is 11.3 Å². The molecule has 0 atom stereocenters. The molecule has 3 aromatic heterocycles. The molecule has 182 valence electrons. The topological polar surface area (TPSA) is 9.86 Å². The monoisotopic (exact) mass is 514 g/mol. The van der Waals surface area contributed by atoms with E-state index in [4.69, 9.17) is 0 Å². The third-order valence-corrected chi connectivity index (χ3v) is 9.31. The van der Waals surface area contributed by atoms with Crippen LogP contribution < -0.4 is 0 Å². The molecule has 6 aromatic carbocycles. The maximum absolute atomic E-state index is 2.48. The van der Waals surface area contributed by atoms with Crippen molar-refractivity contribution >= 4 is 75.1 Å². The summed E-state index contributed by atoms with van der Waals surface area (Å²) in [6, 6.07) is 48.6. The molecule has 0 aliphatic heterocycles. The van der Waals surface area contributed by atoms with Crippen LogP contribution in [0.15, 0.2) is 133 Å². The summed E-state index contributed by atoms with van der Waals surface area (Å²) in [5.41, 5.74) is 7.37. The number of hydrogen-bond donors (Lipinski definition) is 0. The van der Waals surface area contributed by atoms with Gasteiger partial charge in [0.1, 0.15) is 0 Å². The van der Waals surface area contributed by atoms with Crippen LogP contribution in [-0.4, -0.2) is 9.13 Å². The molecular formula is C36H22N2S. The van der Waals surface area contributed by atoms with E-state index in [9.17, 15) is 0 Å². The van der Waals surface area contributed by atoms with Gasteiger partial charge in [0.2, 0.25) is 0 Å². The Labute approximate surface area is 228 Å². The molecule has 0 radical (unpaired) electrons. The van der Waals surface area contributed by atoms with Gasteiger partial charge in [-0.2, -0.15) is 0 Å². The molecule has 9 aromatic rings. The lowest BCUT2D eigenvalue weighted by Crippen LogP contribution is -1.94. The zero-order valence-corrected chi connectivity index (χ0v) is 21.8. The Morgan fingerprint density at radius 2 is 0.949 bits per heavy atom. The summed E-state index contributed by atoms with van der Waals surface area (Å²) in [7, 11) is 0. The van der Waals surface area contributed by atoms with Crippen LogP contribution in [0, 0.1) is 0 Å². The van der Waals surface area contributed by atoms with Crippen molar-refractivity contribution in [2.24, 2.45) is 0 Å². The molecule has 0 aliphatic carbocycles. The van der Waals surface area contributed by atoms with Gasteiger partial charge in [0.05, 0.1) is 32.5 Å². The van der Waals surface area contributed by atoms with E-state index in [1.54, 1.807) is 0 Å². The zero-order chi connectivity index (χ0) is 25.5. The maximum Gasteiger partial charge on any atom is 0.0640 e. The van der Waals surface area contributed by atoms with Gasteiger partial charge in [-0.25, -0.2) is 0 Å². The highest BCUT2D eigenvalue weighted by molar-refractivity contribution is 7.26. The molecular weight excluding hydrogens is 492 g/mol. The van der Waals surface area contributed by atoms with E-state index in [1.165, 1.54) is 75.2 Å². The second kappa shape index (κ2) is 7.83. The van der Waals surface area contributed by atoms with E-state index in [1.807, 2.05) is 11.3 Å². The predicted molar refractivity (Wildman–Crippen MR) is 168 cm³/mol. The number of rotatable bonds is 2. The van der Waals surface area contributed by atoms with Gasteiger partial charge in [-0.1, -0.05) is 84.9 Å². The van der Waals surface area contributed by atoms with Gasteiger partial charge in [-0.05, 0) is 48.5 Å². The standard InChI is InChI=1S/C36H22N2S/c1-2-11-23(12-3-1)37-30-17-7-4-13-24(30)28-22-34-29(21-33(28)37)25-14-5-8-18-31(25)38(34)32-19-10-16-27-26-15-6-9-20-35(26)39-36(27)32/h1-22H. The number of nitrogens with zero attached hydrogens (tertiary/aromatic N) is 2. The summed E-state index contributed by atoms with van der Waals surface area (Å²) in [5.74, 6) is 0. The summed E-state index contributed by atoms with van der Waals surface area (Å²) in [5, 5.41) is 7.74. The van der Waals surface area contributed by atoms with Crippen LogP contribution in [0.1, 0.15) is 0 Å². The normalized spacial score (nSPS) is 12.1. The summed E-state index contributed by atoms with van der Waals surface area (Å²) in [6.45, 7) is 0. The molecule has 0 bridgehead atoms. The second-order valence-electron chi connectivity index (χ2n) is 10.2. The first-order valence-corrected chi connectivity index (χ1v) is 14.1. The Morgan fingerprint density at radius 1 is 0.385 bits per heavy atom. The number of hydrogen-bond acceptors (Lipinski definition) is 1. The molecule has 0 N–H and O–H groups in total. The summed E-state index contributed by atoms with van der Waals surface area (Å²) in [4.78, 5) is 0. The molecule has 0 fully saturated rings. The first kappa shape index (κ1) is 21.1. The van der Waals surface area contributed by atoms with E-state index < -0.39 is 0 Å². The van der Waals surface area contributed by atoms with Crippen LogP contribution in [0.4, 0.5) is 0 Å². The number of para-hydroxylation sites is 3. The van der Waals surface area contributed by atoms with Crippen molar-refractivity contribution in [3.8, 4) is 11.4 Å². The first-order chi connectivity index (χ1) is 19.4. The fourth-order valence-corrected chi connectivity index (χ4v) is 7.66. The van der Waals surface area contributed by atoms with E-state index in [0.29, 0.717) is 0 Å². The highest BCUT2D eigenvalue weighted by Gasteiger charge is 2.19. The van der Waals surface area contributed by atoms with Crippen molar-refractivity contribution in [2.75, 3.05) is 0 Å². The van der Waals surface area contributed by atoms with Crippen LogP contribution in [0.2, 0.25) is 0 Å². The Bertz CT molecular complexity index is 2390. The van der Waals surface area contributed by atoms with Crippen LogP contribution in [-0.2, 0) is 0 Å². The van der Waals surface area contributed by atoms with Crippen molar-refractivity contribution in [3.63, 3.8) is 0 Å². The highest BCUT2D eigenvalue weighted by atomic mass is 32.1. The van der Waals surface area contributed by atoms with Crippen LogP contribution in [0.25, 0.3) is 75.2 Å². The Morgan fingerprint density at radius 3 is 1.69 bits per heavy atom. The van der Waals surface area contributed by atoms with Crippen LogP contribution in [0.5, 0.6) is 0 Å². The number of fused-ring (bicyclic) bond motifs is 9.